The second-order valence-corrected chi connectivity index (χ2v) is 7.10. The van der Waals surface area contributed by atoms with Crippen molar-refractivity contribution in [2.45, 2.75) is 45.3 Å². The molecule has 0 unspecified atom stereocenters. The summed E-state index contributed by atoms with van der Waals surface area (Å²) in [6.45, 7) is 4.70. The number of hydrogen-bond donors (Lipinski definition) is 1. The fourth-order valence-corrected chi connectivity index (χ4v) is 3.47. The highest BCUT2D eigenvalue weighted by molar-refractivity contribution is 5.81. The van der Waals surface area contributed by atoms with Crippen LogP contribution in [0.4, 0.5) is 5.69 Å². The van der Waals surface area contributed by atoms with Gasteiger partial charge in [-0.3, -0.25) is 4.79 Å². The molecule has 0 aliphatic carbocycles. The smallest absolute Gasteiger partial charge is 0.261 e. The Labute approximate surface area is 167 Å². The van der Waals surface area contributed by atoms with E-state index in [1.165, 1.54) is 24.9 Å². The lowest BCUT2D eigenvalue weighted by Crippen LogP contribution is -2.37. The highest BCUT2D eigenvalue weighted by Gasteiger charge is 2.19. The number of amides is 1. The Bertz CT molecular complexity index is 755. The third-order valence-electron chi connectivity index (χ3n) is 5.13. The molecule has 1 fully saturated rings. The number of nitrogens with one attached hydrogen (secondary N) is 1. The number of methoxy groups -OCH3 is 1. The quantitative estimate of drug-likeness (QED) is 0.745. The Morgan fingerprint density at radius 1 is 1.04 bits per heavy atom. The van der Waals surface area contributed by atoms with E-state index in [1.807, 2.05) is 31.2 Å². The van der Waals surface area contributed by atoms with Crippen LogP contribution in [0.5, 0.6) is 11.5 Å². The summed E-state index contributed by atoms with van der Waals surface area (Å²) >= 11 is 0. The Morgan fingerprint density at radius 3 is 2.36 bits per heavy atom. The van der Waals surface area contributed by atoms with Crippen LogP contribution >= 0.6 is 0 Å². The molecule has 0 aromatic heterocycles. The Balaban J connectivity index is 1.54. The lowest BCUT2D eigenvalue weighted by Gasteiger charge is -2.28. The van der Waals surface area contributed by atoms with Crippen LogP contribution in [0.25, 0.3) is 0 Å². The van der Waals surface area contributed by atoms with Crippen LogP contribution in [0.2, 0.25) is 0 Å². The van der Waals surface area contributed by atoms with Crippen molar-refractivity contribution < 1.29 is 14.3 Å². The number of anilines is 1. The monoisotopic (exact) mass is 382 g/mol. The van der Waals surface area contributed by atoms with Crippen molar-refractivity contribution >= 4 is 11.6 Å². The van der Waals surface area contributed by atoms with Gasteiger partial charge in [-0.1, -0.05) is 31.2 Å². The van der Waals surface area contributed by atoms with Crippen molar-refractivity contribution in [3.63, 3.8) is 0 Å². The zero-order chi connectivity index (χ0) is 19.8. The fraction of sp³-hybridized carbons (Fsp3) is 0.435. The number of piperidine rings is 1. The van der Waals surface area contributed by atoms with Gasteiger partial charge in [-0.2, -0.15) is 0 Å². The average Bonchev–Trinajstić information content (AvgIpc) is 2.77. The van der Waals surface area contributed by atoms with Crippen molar-refractivity contribution in [1.29, 1.82) is 0 Å². The van der Waals surface area contributed by atoms with Crippen molar-refractivity contribution in [2.24, 2.45) is 0 Å². The molecule has 2 aromatic carbocycles. The predicted octanol–water partition coefficient (Wildman–Crippen LogP) is 4.16. The SMILES string of the molecule is CC[C@H](Oc1ccccc1OC)C(=O)NCc1ccc(N2CCCCC2)cc1. The molecule has 28 heavy (non-hydrogen) atoms. The standard InChI is InChI=1S/C23H30N2O3/c1-3-20(28-22-10-6-5-9-21(22)27-2)23(26)24-17-18-11-13-19(14-12-18)25-15-7-4-8-16-25/h5-6,9-14,20H,3-4,7-8,15-17H2,1-2H3,(H,24,26)/t20-/m0/s1. The van der Waals surface area contributed by atoms with Crippen LogP contribution in [0, 0.1) is 0 Å². The van der Waals surface area contributed by atoms with Crippen molar-refractivity contribution in [3.05, 3.63) is 54.1 Å². The molecular formula is C23H30N2O3. The lowest BCUT2D eigenvalue weighted by atomic mass is 10.1. The second kappa shape index (κ2) is 10.0. The molecule has 1 saturated heterocycles. The largest absolute Gasteiger partial charge is 0.493 e. The Hall–Kier alpha value is -2.69. The summed E-state index contributed by atoms with van der Waals surface area (Å²) in [5, 5.41) is 2.99. The minimum atomic E-state index is -0.552. The van der Waals surface area contributed by atoms with Gasteiger partial charge in [0.1, 0.15) is 0 Å². The second-order valence-electron chi connectivity index (χ2n) is 7.10. The number of para-hydroxylation sites is 2. The summed E-state index contributed by atoms with van der Waals surface area (Å²) in [7, 11) is 1.59. The van der Waals surface area contributed by atoms with Crippen molar-refractivity contribution in [1.82, 2.24) is 5.32 Å². The number of carbonyl (C=O) groups is 1. The summed E-state index contributed by atoms with van der Waals surface area (Å²) in [4.78, 5) is 15.0. The zero-order valence-corrected chi connectivity index (χ0v) is 16.8. The molecule has 0 radical (unpaired) electrons. The summed E-state index contributed by atoms with van der Waals surface area (Å²) in [5.74, 6) is 1.09. The van der Waals surface area contributed by atoms with Crippen LogP contribution in [0.3, 0.4) is 0 Å². The molecule has 1 N–H and O–H groups in total. The van der Waals surface area contributed by atoms with Crippen LogP contribution < -0.4 is 19.7 Å². The minimum Gasteiger partial charge on any atom is -0.493 e. The van der Waals surface area contributed by atoms with Gasteiger partial charge < -0.3 is 19.7 Å². The maximum absolute atomic E-state index is 12.6. The van der Waals surface area contributed by atoms with E-state index in [0.29, 0.717) is 24.5 Å². The molecule has 2 aromatic rings. The van der Waals surface area contributed by atoms with Gasteiger partial charge in [0, 0.05) is 25.3 Å². The first-order chi connectivity index (χ1) is 13.7. The molecule has 1 heterocycles. The number of benzene rings is 2. The van der Waals surface area contributed by atoms with Crippen molar-refractivity contribution in [2.75, 3.05) is 25.1 Å². The molecule has 0 bridgehead atoms. The minimum absolute atomic E-state index is 0.117. The van der Waals surface area contributed by atoms with Crippen LogP contribution in [-0.2, 0) is 11.3 Å². The van der Waals surface area contributed by atoms with Gasteiger partial charge in [0.2, 0.25) is 0 Å². The zero-order valence-electron chi connectivity index (χ0n) is 16.8. The first kappa shape index (κ1) is 20.1. The third kappa shape index (κ3) is 5.18. The average molecular weight is 383 g/mol. The predicted molar refractivity (Wildman–Crippen MR) is 112 cm³/mol. The Morgan fingerprint density at radius 2 is 1.71 bits per heavy atom. The van der Waals surface area contributed by atoms with E-state index in [0.717, 1.165) is 18.7 Å². The summed E-state index contributed by atoms with van der Waals surface area (Å²) in [6, 6.07) is 15.9. The van der Waals surface area contributed by atoms with Crippen LogP contribution in [0.1, 0.15) is 38.2 Å². The van der Waals surface area contributed by atoms with E-state index in [1.54, 1.807) is 7.11 Å². The summed E-state index contributed by atoms with van der Waals surface area (Å²) in [6.07, 6.45) is 3.89. The first-order valence-corrected chi connectivity index (χ1v) is 10.1. The molecular weight excluding hydrogens is 352 g/mol. The highest BCUT2D eigenvalue weighted by Crippen LogP contribution is 2.27. The Kier molecular flexibility index (Phi) is 7.18. The lowest BCUT2D eigenvalue weighted by molar-refractivity contribution is -0.128. The summed E-state index contributed by atoms with van der Waals surface area (Å²) in [5.41, 5.74) is 2.35. The van der Waals surface area contributed by atoms with Gasteiger partial charge in [-0.25, -0.2) is 0 Å². The molecule has 5 heteroatoms. The van der Waals surface area contributed by atoms with E-state index in [4.69, 9.17) is 9.47 Å². The van der Waals surface area contributed by atoms with Gasteiger partial charge in [-0.15, -0.1) is 0 Å². The topological polar surface area (TPSA) is 50.8 Å². The molecule has 1 amide bonds. The maximum atomic E-state index is 12.6. The third-order valence-corrected chi connectivity index (χ3v) is 5.13. The molecule has 150 valence electrons. The molecule has 1 aliphatic rings. The van der Waals surface area contributed by atoms with E-state index >= 15 is 0 Å². The van der Waals surface area contributed by atoms with Crippen LogP contribution in [0.15, 0.2) is 48.5 Å². The van der Waals surface area contributed by atoms with Gasteiger partial charge in [0.15, 0.2) is 17.6 Å². The maximum Gasteiger partial charge on any atom is 0.261 e. The van der Waals surface area contributed by atoms with E-state index in [-0.39, 0.29) is 5.91 Å². The molecule has 0 spiro atoms. The van der Waals surface area contributed by atoms with Gasteiger partial charge in [-0.05, 0) is 55.5 Å². The highest BCUT2D eigenvalue weighted by atomic mass is 16.5. The normalized spacial score (nSPS) is 15.0. The molecule has 0 saturated carbocycles. The molecule has 1 aliphatic heterocycles. The van der Waals surface area contributed by atoms with Gasteiger partial charge in [0.05, 0.1) is 7.11 Å². The van der Waals surface area contributed by atoms with E-state index in [2.05, 4.69) is 34.5 Å². The van der Waals surface area contributed by atoms with E-state index < -0.39 is 6.10 Å². The number of ether oxygens (including phenoxy) is 2. The number of rotatable bonds is 8. The number of nitrogens with zero attached hydrogens (tertiary/aromatic N) is 1. The van der Waals surface area contributed by atoms with Crippen molar-refractivity contribution in [3.8, 4) is 11.5 Å². The molecule has 1 atom stereocenters. The number of hydrogen-bond acceptors (Lipinski definition) is 4. The number of carbonyl (C=O) groups excluding carboxylic acids is 1. The van der Waals surface area contributed by atoms with Crippen LogP contribution in [-0.4, -0.2) is 32.2 Å². The fourth-order valence-electron chi connectivity index (χ4n) is 3.47. The molecule has 5 nitrogen and oxygen atoms in total. The van der Waals surface area contributed by atoms with Gasteiger partial charge in [0.25, 0.3) is 5.91 Å². The molecule has 3 rings (SSSR count). The summed E-state index contributed by atoms with van der Waals surface area (Å²) < 4.78 is 11.2. The van der Waals surface area contributed by atoms with Gasteiger partial charge >= 0.3 is 0 Å². The van der Waals surface area contributed by atoms with E-state index in [9.17, 15) is 4.79 Å². The first-order valence-electron chi connectivity index (χ1n) is 10.1.